The lowest BCUT2D eigenvalue weighted by atomic mass is 10.2. The van der Waals surface area contributed by atoms with E-state index in [9.17, 15) is 14.9 Å². The second kappa shape index (κ2) is 8.19. The molecule has 0 aliphatic rings. The van der Waals surface area contributed by atoms with Gasteiger partial charge in [0.05, 0.1) is 34.2 Å². The minimum absolute atomic E-state index is 0.0483. The molecule has 10 heteroatoms. The minimum atomic E-state index is -0.501. The van der Waals surface area contributed by atoms with Crippen LogP contribution in [0, 0.1) is 10.1 Å². The maximum absolute atomic E-state index is 12.2. The maximum Gasteiger partial charge on any atom is 0.323 e. The van der Waals surface area contributed by atoms with E-state index in [1.807, 2.05) is 12.1 Å². The number of nitro benzene ring substituents is 1. The quantitative estimate of drug-likeness (QED) is 0.260. The van der Waals surface area contributed by atoms with E-state index in [1.165, 1.54) is 24.3 Å². The van der Waals surface area contributed by atoms with Gasteiger partial charge in [-0.25, -0.2) is 4.79 Å². The first-order chi connectivity index (χ1) is 14.6. The second-order valence-corrected chi connectivity index (χ2v) is 6.22. The first-order valence-electron chi connectivity index (χ1n) is 8.83. The summed E-state index contributed by atoms with van der Waals surface area (Å²) in [5, 5.41) is 24.0. The van der Waals surface area contributed by atoms with Crippen LogP contribution in [0.15, 0.2) is 72.0 Å². The molecule has 148 valence electrons. The Hall–Kier alpha value is -4.60. The van der Waals surface area contributed by atoms with Crippen LogP contribution in [0.25, 0.3) is 10.9 Å². The Labute approximate surface area is 169 Å². The number of amides is 2. The Morgan fingerprint density at radius 2 is 1.87 bits per heavy atom. The molecule has 30 heavy (non-hydrogen) atoms. The van der Waals surface area contributed by atoms with E-state index in [-0.39, 0.29) is 5.69 Å². The molecule has 0 spiro atoms. The summed E-state index contributed by atoms with van der Waals surface area (Å²) < 4.78 is 0. The van der Waals surface area contributed by atoms with Crippen molar-refractivity contribution in [2.45, 2.75) is 0 Å². The van der Waals surface area contributed by atoms with Gasteiger partial charge in [-0.2, -0.15) is 5.10 Å². The molecule has 0 bridgehead atoms. The third-order valence-electron chi connectivity index (χ3n) is 4.17. The number of anilines is 2. The van der Waals surface area contributed by atoms with Crippen molar-refractivity contribution in [2.75, 3.05) is 10.6 Å². The Balaban J connectivity index is 1.44. The molecule has 0 fully saturated rings. The summed E-state index contributed by atoms with van der Waals surface area (Å²) in [6, 6.07) is 14.0. The molecule has 4 aromatic rings. The van der Waals surface area contributed by atoms with E-state index in [1.54, 1.807) is 36.8 Å². The van der Waals surface area contributed by atoms with E-state index in [0.717, 1.165) is 16.8 Å². The summed E-state index contributed by atoms with van der Waals surface area (Å²) >= 11 is 0. The molecule has 4 rings (SSSR count). The number of H-pyrrole nitrogens is 1. The van der Waals surface area contributed by atoms with E-state index in [0.29, 0.717) is 16.9 Å². The Morgan fingerprint density at radius 3 is 2.60 bits per heavy atom. The van der Waals surface area contributed by atoms with Gasteiger partial charge in [0.2, 0.25) is 0 Å². The number of nitrogens with zero attached hydrogens (tertiary/aromatic N) is 4. The molecule has 0 aliphatic carbocycles. The fourth-order valence-electron chi connectivity index (χ4n) is 2.74. The van der Waals surface area contributed by atoms with Crippen molar-refractivity contribution >= 4 is 45.9 Å². The standard InChI is InChI=1S/C20H15N7O3/c28-20(23-13-3-6-16(7-4-13)27(29)30)24-14-5-8-17-18(10-14)25-26-19(17)12-22-15-2-1-9-21-11-15/h1-12H,(H,25,26)(H2,23,24,28). The van der Waals surface area contributed by atoms with Crippen LogP contribution >= 0.6 is 0 Å². The highest BCUT2D eigenvalue weighted by atomic mass is 16.6. The predicted octanol–water partition coefficient (Wildman–Crippen LogP) is 4.26. The molecule has 0 aliphatic heterocycles. The zero-order valence-electron chi connectivity index (χ0n) is 15.4. The number of aromatic amines is 1. The molecule has 2 amide bonds. The Kier molecular flexibility index (Phi) is 5.12. The number of rotatable bonds is 5. The fraction of sp³-hybridized carbons (Fsp3) is 0. The number of benzene rings is 2. The number of pyridine rings is 1. The summed E-state index contributed by atoms with van der Waals surface area (Å²) in [5.74, 6) is 0. The first-order valence-corrected chi connectivity index (χ1v) is 8.83. The van der Waals surface area contributed by atoms with Crippen LogP contribution in [0.3, 0.4) is 0 Å². The molecule has 2 heterocycles. The SMILES string of the molecule is O=C(Nc1ccc([N+](=O)[O-])cc1)Nc1ccc2c(C=Nc3cccnc3)[nH]nc2c1. The summed E-state index contributed by atoms with van der Waals surface area (Å²) in [6.07, 6.45) is 5.00. The number of urea groups is 1. The maximum atomic E-state index is 12.2. The number of aromatic nitrogens is 3. The number of non-ortho nitro benzene ring substituents is 1. The molecule has 0 saturated heterocycles. The van der Waals surface area contributed by atoms with Gasteiger partial charge in [-0.1, -0.05) is 0 Å². The number of hydrogen-bond acceptors (Lipinski definition) is 6. The van der Waals surface area contributed by atoms with Gasteiger partial charge < -0.3 is 10.6 Å². The molecule has 0 radical (unpaired) electrons. The minimum Gasteiger partial charge on any atom is -0.308 e. The van der Waals surface area contributed by atoms with Gasteiger partial charge in [-0.3, -0.25) is 25.2 Å². The predicted molar refractivity (Wildman–Crippen MR) is 113 cm³/mol. The van der Waals surface area contributed by atoms with E-state index >= 15 is 0 Å². The largest absolute Gasteiger partial charge is 0.323 e. The van der Waals surface area contributed by atoms with Gasteiger partial charge in [0.15, 0.2) is 0 Å². The van der Waals surface area contributed by atoms with Crippen LogP contribution in [-0.4, -0.2) is 32.4 Å². The van der Waals surface area contributed by atoms with Crippen molar-refractivity contribution in [2.24, 2.45) is 4.99 Å². The monoisotopic (exact) mass is 401 g/mol. The normalized spacial score (nSPS) is 10.9. The number of carbonyl (C=O) groups excluding carboxylic acids is 1. The highest BCUT2D eigenvalue weighted by Crippen LogP contribution is 2.21. The number of carbonyl (C=O) groups is 1. The van der Waals surface area contributed by atoms with Crippen molar-refractivity contribution in [3.05, 3.63) is 82.8 Å². The van der Waals surface area contributed by atoms with Crippen LogP contribution in [0.4, 0.5) is 27.5 Å². The third-order valence-corrected chi connectivity index (χ3v) is 4.17. The highest BCUT2D eigenvalue weighted by molar-refractivity contribution is 6.03. The topological polar surface area (TPSA) is 138 Å². The summed E-state index contributed by atoms with van der Waals surface area (Å²) in [7, 11) is 0. The average molecular weight is 401 g/mol. The average Bonchev–Trinajstić information content (AvgIpc) is 3.15. The molecular weight excluding hydrogens is 386 g/mol. The molecule has 0 saturated carbocycles. The summed E-state index contributed by atoms with van der Waals surface area (Å²) in [5.41, 5.74) is 3.05. The molecule has 0 unspecified atom stereocenters. The third kappa shape index (κ3) is 4.28. The van der Waals surface area contributed by atoms with Crippen LogP contribution in [-0.2, 0) is 0 Å². The van der Waals surface area contributed by atoms with Crippen LogP contribution in [0.2, 0.25) is 0 Å². The Morgan fingerprint density at radius 1 is 1.10 bits per heavy atom. The van der Waals surface area contributed by atoms with Gasteiger partial charge in [0.1, 0.15) is 0 Å². The van der Waals surface area contributed by atoms with E-state index in [4.69, 9.17) is 0 Å². The van der Waals surface area contributed by atoms with E-state index in [2.05, 4.69) is 30.8 Å². The summed E-state index contributed by atoms with van der Waals surface area (Å²) in [4.78, 5) is 30.7. The molecule has 0 atom stereocenters. The van der Waals surface area contributed by atoms with Crippen molar-refractivity contribution in [3.8, 4) is 0 Å². The molecule has 10 nitrogen and oxygen atoms in total. The number of fused-ring (bicyclic) bond motifs is 1. The first kappa shape index (κ1) is 18.7. The number of nitrogens with one attached hydrogen (secondary N) is 3. The number of aliphatic imine (C=N–C) groups is 1. The number of nitro groups is 1. The van der Waals surface area contributed by atoms with Gasteiger partial charge in [-0.05, 0) is 42.5 Å². The van der Waals surface area contributed by atoms with Crippen molar-refractivity contribution in [1.29, 1.82) is 0 Å². The number of hydrogen-bond donors (Lipinski definition) is 3. The van der Waals surface area contributed by atoms with Crippen LogP contribution in [0.5, 0.6) is 0 Å². The van der Waals surface area contributed by atoms with Gasteiger partial charge in [0, 0.05) is 35.1 Å². The zero-order chi connectivity index (χ0) is 20.9. The molecular formula is C20H15N7O3. The van der Waals surface area contributed by atoms with Crippen molar-refractivity contribution in [1.82, 2.24) is 15.2 Å². The van der Waals surface area contributed by atoms with E-state index < -0.39 is 11.0 Å². The van der Waals surface area contributed by atoms with Crippen LogP contribution in [0.1, 0.15) is 5.69 Å². The van der Waals surface area contributed by atoms with Gasteiger partial charge in [0.25, 0.3) is 5.69 Å². The van der Waals surface area contributed by atoms with Crippen LogP contribution < -0.4 is 10.6 Å². The highest BCUT2D eigenvalue weighted by Gasteiger charge is 2.09. The molecule has 2 aromatic carbocycles. The smallest absolute Gasteiger partial charge is 0.308 e. The van der Waals surface area contributed by atoms with Crippen molar-refractivity contribution in [3.63, 3.8) is 0 Å². The molecule has 2 aromatic heterocycles. The fourth-order valence-corrected chi connectivity index (χ4v) is 2.74. The lowest BCUT2D eigenvalue weighted by Crippen LogP contribution is -2.19. The second-order valence-electron chi connectivity index (χ2n) is 6.22. The Bertz CT molecular complexity index is 1230. The lowest BCUT2D eigenvalue weighted by Gasteiger charge is -2.07. The molecule has 3 N–H and O–H groups in total. The van der Waals surface area contributed by atoms with Gasteiger partial charge >= 0.3 is 6.03 Å². The zero-order valence-corrected chi connectivity index (χ0v) is 15.4. The lowest BCUT2D eigenvalue weighted by molar-refractivity contribution is -0.384. The van der Waals surface area contributed by atoms with Crippen molar-refractivity contribution < 1.29 is 9.72 Å². The van der Waals surface area contributed by atoms with Gasteiger partial charge in [-0.15, -0.1) is 0 Å². The summed E-state index contributed by atoms with van der Waals surface area (Å²) in [6.45, 7) is 0.